The highest BCUT2D eigenvalue weighted by Crippen LogP contribution is 2.23. The van der Waals surface area contributed by atoms with E-state index in [0.29, 0.717) is 29.4 Å². The standard InChI is InChI=1S/C32H40ClN3O5S/c1-4-5-20-34-32(38)30(23-25-11-7-6-8-12-25)35(24-26-13-9-14-29(22-26)41-2)31(37)15-10-21-36(42(3,39)40)28-18-16-27(33)17-19-28/h6-9,11-14,16-19,22,30H,4-5,10,15,20-21,23-24H2,1-3H3,(H,34,38). The molecule has 0 aliphatic rings. The Balaban J connectivity index is 1.88. The van der Waals surface area contributed by atoms with Crippen LogP contribution in [0.4, 0.5) is 5.69 Å². The van der Waals surface area contributed by atoms with Crippen molar-refractivity contribution in [1.29, 1.82) is 0 Å². The van der Waals surface area contributed by atoms with Crippen LogP contribution in [0.1, 0.15) is 43.7 Å². The number of ether oxygens (including phenoxy) is 1. The largest absolute Gasteiger partial charge is 0.497 e. The maximum absolute atomic E-state index is 13.9. The second-order valence-corrected chi connectivity index (χ2v) is 12.5. The third kappa shape index (κ3) is 10.1. The summed E-state index contributed by atoms with van der Waals surface area (Å²) in [5.74, 6) is 0.190. The zero-order valence-corrected chi connectivity index (χ0v) is 26.0. The Morgan fingerprint density at radius 1 is 0.952 bits per heavy atom. The number of rotatable bonds is 16. The zero-order chi connectivity index (χ0) is 30.5. The third-order valence-corrected chi connectivity index (χ3v) is 8.30. The number of carbonyl (C=O) groups excluding carboxylic acids is 2. The number of hydrogen-bond donors (Lipinski definition) is 1. The topological polar surface area (TPSA) is 96.0 Å². The normalized spacial score (nSPS) is 11.9. The van der Waals surface area contributed by atoms with Gasteiger partial charge in [0.2, 0.25) is 21.8 Å². The molecule has 0 bridgehead atoms. The summed E-state index contributed by atoms with van der Waals surface area (Å²) in [7, 11) is -2.02. The molecule has 0 aliphatic heterocycles. The first-order chi connectivity index (χ1) is 20.1. The molecule has 2 amide bonds. The first-order valence-corrected chi connectivity index (χ1v) is 16.3. The number of amides is 2. The predicted molar refractivity (Wildman–Crippen MR) is 168 cm³/mol. The summed E-state index contributed by atoms with van der Waals surface area (Å²) >= 11 is 5.99. The van der Waals surface area contributed by atoms with Crippen molar-refractivity contribution in [3.05, 3.63) is 95.0 Å². The zero-order valence-electron chi connectivity index (χ0n) is 24.5. The molecule has 0 aliphatic carbocycles. The summed E-state index contributed by atoms with van der Waals surface area (Å²) < 4.78 is 31.8. The van der Waals surface area contributed by atoms with Gasteiger partial charge in [-0.15, -0.1) is 0 Å². The van der Waals surface area contributed by atoms with E-state index in [4.69, 9.17) is 16.3 Å². The van der Waals surface area contributed by atoms with E-state index >= 15 is 0 Å². The molecule has 0 aromatic heterocycles. The maximum atomic E-state index is 13.9. The van der Waals surface area contributed by atoms with Crippen LogP contribution in [0.15, 0.2) is 78.9 Å². The van der Waals surface area contributed by atoms with Crippen LogP contribution in [0, 0.1) is 0 Å². The Labute approximate surface area is 254 Å². The Kier molecular flexibility index (Phi) is 12.7. The van der Waals surface area contributed by atoms with Crippen LogP contribution < -0.4 is 14.4 Å². The monoisotopic (exact) mass is 613 g/mol. The van der Waals surface area contributed by atoms with Gasteiger partial charge in [-0.3, -0.25) is 13.9 Å². The number of nitrogens with one attached hydrogen (secondary N) is 1. The molecule has 3 aromatic carbocycles. The smallest absolute Gasteiger partial charge is 0.243 e. The van der Waals surface area contributed by atoms with Crippen molar-refractivity contribution in [2.45, 2.75) is 51.6 Å². The number of halogens is 1. The highest BCUT2D eigenvalue weighted by molar-refractivity contribution is 7.92. The summed E-state index contributed by atoms with van der Waals surface area (Å²) in [4.78, 5) is 29.1. The van der Waals surface area contributed by atoms with Crippen molar-refractivity contribution < 1.29 is 22.7 Å². The van der Waals surface area contributed by atoms with Crippen molar-refractivity contribution in [2.75, 3.05) is 30.8 Å². The lowest BCUT2D eigenvalue weighted by molar-refractivity contribution is -0.141. The molecule has 0 radical (unpaired) electrons. The minimum atomic E-state index is -3.60. The lowest BCUT2D eigenvalue weighted by atomic mass is 10.0. The summed E-state index contributed by atoms with van der Waals surface area (Å²) in [6.45, 7) is 2.87. The molecule has 0 fully saturated rings. The van der Waals surface area contributed by atoms with Gasteiger partial charge in [0.15, 0.2) is 0 Å². The number of nitrogens with zero attached hydrogens (tertiary/aromatic N) is 2. The van der Waals surface area contributed by atoms with Crippen LogP contribution in [0.25, 0.3) is 0 Å². The van der Waals surface area contributed by atoms with E-state index in [0.717, 1.165) is 30.2 Å². The number of benzene rings is 3. The first kappa shape index (κ1) is 32.9. The van der Waals surface area contributed by atoms with E-state index in [2.05, 4.69) is 12.2 Å². The van der Waals surface area contributed by atoms with Gasteiger partial charge in [0.25, 0.3) is 0 Å². The number of sulfonamides is 1. The quantitative estimate of drug-likeness (QED) is 0.217. The molecule has 3 rings (SSSR count). The highest BCUT2D eigenvalue weighted by atomic mass is 35.5. The van der Waals surface area contributed by atoms with Gasteiger partial charge in [-0.25, -0.2) is 8.42 Å². The molecule has 8 nitrogen and oxygen atoms in total. The molecule has 0 saturated heterocycles. The molecule has 0 saturated carbocycles. The van der Waals surface area contributed by atoms with E-state index in [1.165, 1.54) is 4.31 Å². The number of anilines is 1. The summed E-state index contributed by atoms with van der Waals surface area (Å²) in [6.07, 6.45) is 3.56. The number of hydrogen-bond acceptors (Lipinski definition) is 5. The van der Waals surface area contributed by atoms with Crippen LogP contribution in [-0.4, -0.2) is 57.6 Å². The molecule has 0 heterocycles. The summed E-state index contributed by atoms with van der Waals surface area (Å²) in [5.41, 5.74) is 2.23. The molecule has 0 spiro atoms. The summed E-state index contributed by atoms with van der Waals surface area (Å²) in [5, 5.41) is 3.51. The fourth-order valence-electron chi connectivity index (χ4n) is 4.64. The van der Waals surface area contributed by atoms with Gasteiger partial charge >= 0.3 is 0 Å². The van der Waals surface area contributed by atoms with E-state index in [-0.39, 0.29) is 37.7 Å². The molecule has 226 valence electrons. The Bertz CT molecular complexity index is 1400. The molecular weight excluding hydrogens is 574 g/mol. The van der Waals surface area contributed by atoms with Gasteiger partial charge in [-0.2, -0.15) is 0 Å². The van der Waals surface area contributed by atoms with E-state index in [1.54, 1.807) is 36.3 Å². The number of unbranched alkanes of at least 4 members (excludes halogenated alkanes) is 1. The molecule has 10 heteroatoms. The molecule has 1 unspecified atom stereocenters. The van der Waals surface area contributed by atoms with Gasteiger partial charge in [0, 0.05) is 37.5 Å². The van der Waals surface area contributed by atoms with Gasteiger partial charge in [-0.1, -0.05) is 67.4 Å². The maximum Gasteiger partial charge on any atom is 0.243 e. The average Bonchev–Trinajstić information content (AvgIpc) is 2.97. The third-order valence-electron chi connectivity index (χ3n) is 6.85. The van der Waals surface area contributed by atoms with Crippen molar-refractivity contribution in [1.82, 2.24) is 10.2 Å². The lowest BCUT2D eigenvalue weighted by Crippen LogP contribution is -2.50. The van der Waals surface area contributed by atoms with Crippen molar-refractivity contribution in [3.63, 3.8) is 0 Å². The number of methoxy groups -OCH3 is 1. The van der Waals surface area contributed by atoms with Crippen molar-refractivity contribution in [3.8, 4) is 5.75 Å². The molecule has 3 aromatic rings. The SMILES string of the molecule is CCCCNC(=O)C(Cc1ccccc1)N(Cc1cccc(OC)c1)C(=O)CCCN(c1ccc(Cl)cc1)S(C)(=O)=O. The fourth-order valence-corrected chi connectivity index (χ4v) is 5.73. The lowest BCUT2D eigenvalue weighted by Gasteiger charge is -2.32. The van der Waals surface area contributed by atoms with E-state index < -0.39 is 16.1 Å². The first-order valence-electron chi connectivity index (χ1n) is 14.1. The Morgan fingerprint density at radius 2 is 1.64 bits per heavy atom. The molecular formula is C32H40ClN3O5S. The van der Waals surface area contributed by atoms with Crippen molar-refractivity contribution >= 4 is 39.1 Å². The molecule has 1 atom stereocenters. The molecule has 42 heavy (non-hydrogen) atoms. The molecule has 1 N–H and O–H groups in total. The average molecular weight is 614 g/mol. The highest BCUT2D eigenvalue weighted by Gasteiger charge is 2.30. The van der Waals surface area contributed by atoms with Crippen LogP contribution in [-0.2, 0) is 32.6 Å². The van der Waals surface area contributed by atoms with Crippen molar-refractivity contribution in [2.24, 2.45) is 0 Å². The van der Waals surface area contributed by atoms with E-state index in [1.807, 2.05) is 54.6 Å². The van der Waals surface area contributed by atoms with E-state index in [9.17, 15) is 18.0 Å². The Hall–Kier alpha value is -3.56. The fraction of sp³-hybridized carbons (Fsp3) is 0.375. The van der Waals surface area contributed by atoms with Gasteiger partial charge in [0.05, 0.1) is 19.1 Å². The Morgan fingerprint density at radius 3 is 2.29 bits per heavy atom. The number of carbonyl (C=O) groups is 2. The van der Waals surface area contributed by atoms with Gasteiger partial charge in [0.1, 0.15) is 11.8 Å². The summed E-state index contributed by atoms with van der Waals surface area (Å²) in [6, 6.07) is 22.8. The van der Waals surface area contributed by atoms with Gasteiger partial charge < -0.3 is 15.0 Å². The predicted octanol–water partition coefficient (Wildman–Crippen LogP) is 5.45. The second-order valence-electron chi connectivity index (χ2n) is 10.1. The van der Waals surface area contributed by atoms with Crippen LogP contribution >= 0.6 is 11.6 Å². The van der Waals surface area contributed by atoms with Crippen LogP contribution in [0.3, 0.4) is 0 Å². The minimum Gasteiger partial charge on any atom is -0.497 e. The second kappa shape index (κ2) is 16.2. The van der Waals surface area contributed by atoms with Gasteiger partial charge in [-0.05, 0) is 60.4 Å². The minimum absolute atomic E-state index is 0.0527. The van der Waals surface area contributed by atoms with Crippen LogP contribution in [0.5, 0.6) is 5.75 Å². The van der Waals surface area contributed by atoms with Crippen LogP contribution in [0.2, 0.25) is 5.02 Å².